The molecule has 1 fully saturated rings. The highest BCUT2D eigenvalue weighted by Crippen LogP contribution is 2.21. The lowest BCUT2D eigenvalue weighted by Gasteiger charge is -2.14. The molecular weight excluding hydrogens is 335 g/mol. The summed E-state index contributed by atoms with van der Waals surface area (Å²) in [5.74, 6) is -0.0215. The van der Waals surface area contributed by atoms with E-state index >= 15 is 0 Å². The van der Waals surface area contributed by atoms with Crippen LogP contribution in [-0.2, 0) is 4.79 Å². The van der Waals surface area contributed by atoms with Crippen molar-refractivity contribution in [2.75, 3.05) is 24.2 Å². The molecule has 2 amide bonds. The number of carbonyl (C=O) groups is 2. The van der Waals surface area contributed by atoms with Gasteiger partial charge in [0.2, 0.25) is 5.91 Å². The number of nitrogens with zero attached hydrogens (tertiary/aromatic N) is 1. The van der Waals surface area contributed by atoms with Gasteiger partial charge in [0.05, 0.1) is 5.69 Å². The molecule has 0 unspecified atom stereocenters. The Bertz CT molecular complexity index is 513. The lowest BCUT2D eigenvalue weighted by molar-refractivity contribution is -0.116. The minimum atomic E-state index is -0.482. The molecule has 1 aliphatic rings. The summed E-state index contributed by atoms with van der Waals surface area (Å²) in [5, 5.41) is 2.50. The zero-order chi connectivity index (χ0) is 13.8. The smallest absolute Gasteiger partial charge is 0.281 e. The van der Waals surface area contributed by atoms with Gasteiger partial charge < -0.3 is 10.2 Å². The van der Waals surface area contributed by atoms with E-state index in [1.54, 1.807) is 11.0 Å². The van der Waals surface area contributed by atoms with E-state index in [4.69, 9.17) is 0 Å². The first-order valence-corrected chi connectivity index (χ1v) is 7.51. The number of hydrogen-bond donors (Lipinski definition) is 1. The molecule has 1 N–H and O–H groups in total. The number of thioether (sulfide) groups is 1. The van der Waals surface area contributed by atoms with Crippen LogP contribution < -0.4 is 5.32 Å². The number of benzene rings is 1. The fraction of sp³-hybridized carbons (Fsp3) is 0.333. The van der Waals surface area contributed by atoms with Gasteiger partial charge in [-0.05, 0) is 18.2 Å². The van der Waals surface area contributed by atoms with Gasteiger partial charge in [0.25, 0.3) is 5.24 Å². The molecule has 0 bridgehead atoms. The summed E-state index contributed by atoms with van der Waals surface area (Å²) in [6, 6.07) is 4.34. The quantitative estimate of drug-likeness (QED) is 0.911. The van der Waals surface area contributed by atoms with Crippen molar-refractivity contribution in [3.05, 3.63) is 28.5 Å². The van der Waals surface area contributed by atoms with E-state index in [1.165, 1.54) is 23.9 Å². The fourth-order valence-corrected chi connectivity index (χ4v) is 2.88. The first-order valence-electron chi connectivity index (χ1n) is 5.73. The Balaban J connectivity index is 1.87. The molecule has 1 aromatic rings. The number of anilines is 1. The Kier molecular flexibility index (Phi) is 4.81. The highest BCUT2D eigenvalue weighted by Gasteiger charge is 2.21. The van der Waals surface area contributed by atoms with Crippen molar-refractivity contribution < 1.29 is 14.0 Å². The molecule has 1 saturated heterocycles. The molecule has 1 aromatic carbocycles. The number of halogens is 2. The second kappa shape index (κ2) is 6.38. The lowest BCUT2D eigenvalue weighted by Crippen LogP contribution is -2.27. The standard InChI is InChI=1S/C12H12BrFN2O2S/c13-8-1-2-9(14)10(7-8)15-11(17)3-4-16-5-6-19-12(16)18/h1-2,7H,3-6H2,(H,15,17). The van der Waals surface area contributed by atoms with Crippen molar-refractivity contribution >= 4 is 44.5 Å². The number of amides is 2. The Morgan fingerprint density at radius 2 is 2.32 bits per heavy atom. The van der Waals surface area contributed by atoms with Crippen LogP contribution in [0, 0.1) is 5.82 Å². The van der Waals surface area contributed by atoms with E-state index in [-0.39, 0.29) is 23.3 Å². The summed E-state index contributed by atoms with van der Waals surface area (Å²) in [4.78, 5) is 24.7. The van der Waals surface area contributed by atoms with Gasteiger partial charge in [-0.25, -0.2) is 4.39 Å². The first-order chi connectivity index (χ1) is 9.06. The first kappa shape index (κ1) is 14.3. The van der Waals surface area contributed by atoms with Crippen LogP contribution in [0.4, 0.5) is 14.9 Å². The molecule has 0 radical (unpaired) electrons. The zero-order valence-electron chi connectivity index (χ0n) is 9.99. The maximum absolute atomic E-state index is 13.4. The number of carbonyl (C=O) groups excluding carboxylic acids is 2. The molecular formula is C12H12BrFN2O2S. The van der Waals surface area contributed by atoms with Crippen LogP contribution in [0.2, 0.25) is 0 Å². The summed E-state index contributed by atoms with van der Waals surface area (Å²) in [6.45, 7) is 1.04. The third-order valence-corrected chi connectivity index (χ3v) is 4.04. The molecule has 1 aliphatic heterocycles. The van der Waals surface area contributed by atoms with Gasteiger partial charge in [0.1, 0.15) is 5.82 Å². The van der Waals surface area contributed by atoms with Crippen LogP contribution in [0.25, 0.3) is 0 Å². The largest absolute Gasteiger partial charge is 0.332 e. The highest BCUT2D eigenvalue weighted by molar-refractivity contribution is 9.10. The molecule has 1 heterocycles. The molecule has 0 aliphatic carbocycles. The average molecular weight is 347 g/mol. The van der Waals surface area contributed by atoms with E-state index in [1.807, 2.05) is 0 Å². The summed E-state index contributed by atoms with van der Waals surface area (Å²) < 4.78 is 14.1. The van der Waals surface area contributed by atoms with Crippen LogP contribution in [0.3, 0.4) is 0 Å². The van der Waals surface area contributed by atoms with Crippen LogP contribution in [0.5, 0.6) is 0 Å². The summed E-state index contributed by atoms with van der Waals surface area (Å²) in [6.07, 6.45) is 0.165. The molecule has 0 atom stereocenters. The SMILES string of the molecule is O=C(CCN1CCSC1=O)Nc1cc(Br)ccc1F. The zero-order valence-corrected chi connectivity index (χ0v) is 12.4. The topological polar surface area (TPSA) is 49.4 Å². The molecule has 0 aromatic heterocycles. The van der Waals surface area contributed by atoms with Gasteiger partial charge in [0.15, 0.2) is 0 Å². The van der Waals surface area contributed by atoms with E-state index in [2.05, 4.69) is 21.2 Å². The third kappa shape index (κ3) is 3.94. The number of rotatable bonds is 4. The molecule has 0 spiro atoms. The van der Waals surface area contributed by atoms with E-state index in [0.29, 0.717) is 17.6 Å². The lowest BCUT2D eigenvalue weighted by atomic mass is 10.3. The van der Waals surface area contributed by atoms with Crippen LogP contribution >= 0.6 is 27.7 Å². The monoisotopic (exact) mass is 346 g/mol. The van der Waals surface area contributed by atoms with Crippen molar-refractivity contribution in [1.29, 1.82) is 0 Å². The summed E-state index contributed by atoms with van der Waals surface area (Å²) >= 11 is 4.47. The van der Waals surface area contributed by atoms with Crippen LogP contribution in [0.15, 0.2) is 22.7 Å². The summed E-state index contributed by atoms with van der Waals surface area (Å²) in [7, 11) is 0. The second-order valence-corrected chi connectivity index (χ2v) is 5.99. The predicted molar refractivity (Wildman–Crippen MR) is 76.8 cm³/mol. The normalized spacial score (nSPS) is 14.8. The van der Waals surface area contributed by atoms with E-state index in [0.717, 1.165) is 5.75 Å². The predicted octanol–water partition coefficient (Wildman–Crippen LogP) is 3.09. The van der Waals surface area contributed by atoms with Crippen molar-refractivity contribution in [1.82, 2.24) is 4.90 Å². The van der Waals surface area contributed by atoms with E-state index in [9.17, 15) is 14.0 Å². The Morgan fingerprint density at radius 1 is 1.53 bits per heavy atom. The highest BCUT2D eigenvalue weighted by atomic mass is 79.9. The Morgan fingerprint density at radius 3 is 3.00 bits per heavy atom. The Labute approximate surface area is 122 Å². The number of hydrogen-bond acceptors (Lipinski definition) is 3. The molecule has 19 heavy (non-hydrogen) atoms. The minimum Gasteiger partial charge on any atom is -0.332 e. The second-order valence-electron chi connectivity index (χ2n) is 4.02. The molecule has 7 heteroatoms. The molecule has 4 nitrogen and oxygen atoms in total. The fourth-order valence-electron chi connectivity index (χ4n) is 1.67. The Hall–Kier alpha value is -1.08. The van der Waals surface area contributed by atoms with Crippen molar-refractivity contribution in [2.45, 2.75) is 6.42 Å². The van der Waals surface area contributed by atoms with Crippen LogP contribution in [0.1, 0.15) is 6.42 Å². The minimum absolute atomic E-state index is 0.00133. The van der Waals surface area contributed by atoms with Gasteiger partial charge in [-0.2, -0.15) is 0 Å². The van der Waals surface area contributed by atoms with Gasteiger partial charge in [-0.3, -0.25) is 9.59 Å². The van der Waals surface area contributed by atoms with Gasteiger partial charge in [0, 0.05) is 29.7 Å². The van der Waals surface area contributed by atoms with E-state index < -0.39 is 5.82 Å². The van der Waals surface area contributed by atoms with Crippen LogP contribution in [-0.4, -0.2) is 34.9 Å². The average Bonchev–Trinajstić information content (AvgIpc) is 2.77. The number of nitrogens with one attached hydrogen (secondary N) is 1. The van der Waals surface area contributed by atoms with Gasteiger partial charge in [-0.15, -0.1) is 0 Å². The maximum atomic E-state index is 13.4. The maximum Gasteiger partial charge on any atom is 0.281 e. The van der Waals surface area contributed by atoms with Crippen molar-refractivity contribution in [3.8, 4) is 0 Å². The van der Waals surface area contributed by atoms with Crippen molar-refractivity contribution in [2.24, 2.45) is 0 Å². The van der Waals surface area contributed by atoms with Crippen molar-refractivity contribution in [3.63, 3.8) is 0 Å². The third-order valence-electron chi connectivity index (χ3n) is 2.66. The molecule has 2 rings (SSSR count). The molecule has 0 saturated carbocycles. The van der Waals surface area contributed by atoms with Gasteiger partial charge in [-0.1, -0.05) is 27.7 Å². The molecule has 102 valence electrons. The summed E-state index contributed by atoms with van der Waals surface area (Å²) in [5.41, 5.74) is 0.140. The van der Waals surface area contributed by atoms with Gasteiger partial charge >= 0.3 is 0 Å².